The Balaban J connectivity index is 1.57. The standard InChI is InChI=1S/C18H25N7O/c1-13(2)17(26)22-7-9-23(10-8-22)18-19-12-15-5-4-6-24(15)25(18)16-11-14(3)20-21-16/h4-6,11-13,18H,7-10H2,1-3H3,(H,20,21). The van der Waals surface area contributed by atoms with Gasteiger partial charge in [0.25, 0.3) is 0 Å². The highest BCUT2D eigenvalue weighted by molar-refractivity contribution is 5.80. The average Bonchev–Trinajstić information content (AvgIpc) is 3.29. The zero-order chi connectivity index (χ0) is 18.3. The SMILES string of the molecule is Cc1cc(N2C(N3CCN(C(=O)C(C)C)CC3)N=Cc3cccn32)n[nH]1. The van der Waals surface area contributed by atoms with E-state index in [0.717, 1.165) is 43.4 Å². The Morgan fingerprint density at radius 1 is 1.27 bits per heavy atom. The van der Waals surface area contributed by atoms with Gasteiger partial charge in [0.1, 0.15) is 0 Å². The van der Waals surface area contributed by atoms with Gasteiger partial charge in [-0.3, -0.25) is 19.5 Å². The summed E-state index contributed by atoms with van der Waals surface area (Å²) in [5.41, 5.74) is 2.03. The highest BCUT2D eigenvalue weighted by Gasteiger charge is 2.34. The number of aromatic amines is 1. The van der Waals surface area contributed by atoms with Gasteiger partial charge < -0.3 is 4.90 Å². The van der Waals surface area contributed by atoms with Crippen LogP contribution in [0.25, 0.3) is 0 Å². The van der Waals surface area contributed by atoms with Crippen molar-refractivity contribution in [2.24, 2.45) is 10.9 Å². The van der Waals surface area contributed by atoms with Gasteiger partial charge in [-0.25, -0.2) is 10.0 Å². The predicted octanol–water partition coefficient (Wildman–Crippen LogP) is 1.31. The number of anilines is 1. The molecular weight excluding hydrogens is 330 g/mol. The van der Waals surface area contributed by atoms with Crippen LogP contribution in [-0.4, -0.2) is 69.3 Å². The molecule has 8 heteroatoms. The number of aromatic nitrogens is 3. The number of aliphatic imine (C=N–C) groups is 1. The van der Waals surface area contributed by atoms with Crippen LogP contribution in [0.2, 0.25) is 0 Å². The van der Waals surface area contributed by atoms with Crippen molar-refractivity contribution in [2.45, 2.75) is 27.1 Å². The van der Waals surface area contributed by atoms with Crippen molar-refractivity contribution < 1.29 is 4.79 Å². The third kappa shape index (κ3) is 2.90. The van der Waals surface area contributed by atoms with Gasteiger partial charge >= 0.3 is 0 Å². The molecule has 1 fully saturated rings. The summed E-state index contributed by atoms with van der Waals surface area (Å²) in [7, 11) is 0. The Morgan fingerprint density at radius 3 is 2.69 bits per heavy atom. The molecule has 2 aliphatic rings. The van der Waals surface area contributed by atoms with Gasteiger partial charge in [-0.15, -0.1) is 0 Å². The summed E-state index contributed by atoms with van der Waals surface area (Å²) >= 11 is 0. The van der Waals surface area contributed by atoms with Crippen molar-refractivity contribution in [3.8, 4) is 0 Å². The molecule has 2 aliphatic heterocycles. The monoisotopic (exact) mass is 355 g/mol. The van der Waals surface area contributed by atoms with Crippen molar-refractivity contribution in [2.75, 3.05) is 31.2 Å². The van der Waals surface area contributed by atoms with E-state index in [-0.39, 0.29) is 18.1 Å². The second-order valence-electron chi connectivity index (χ2n) is 7.17. The van der Waals surface area contributed by atoms with Crippen LogP contribution in [0.1, 0.15) is 25.2 Å². The lowest BCUT2D eigenvalue weighted by molar-refractivity contribution is -0.136. The summed E-state index contributed by atoms with van der Waals surface area (Å²) < 4.78 is 2.08. The van der Waals surface area contributed by atoms with Crippen molar-refractivity contribution in [3.05, 3.63) is 35.8 Å². The third-order valence-corrected chi connectivity index (χ3v) is 4.92. The lowest BCUT2D eigenvalue weighted by Crippen LogP contribution is -2.59. The minimum Gasteiger partial charge on any atom is -0.340 e. The summed E-state index contributed by atoms with van der Waals surface area (Å²) in [4.78, 5) is 21.3. The number of piperazine rings is 1. The number of nitrogens with zero attached hydrogens (tertiary/aromatic N) is 6. The number of nitrogens with one attached hydrogen (secondary N) is 1. The fraction of sp³-hybridized carbons (Fsp3) is 0.500. The molecule has 0 radical (unpaired) electrons. The Morgan fingerprint density at radius 2 is 2.04 bits per heavy atom. The minimum absolute atomic E-state index is 0.0419. The molecule has 26 heavy (non-hydrogen) atoms. The first-order chi connectivity index (χ1) is 12.5. The van der Waals surface area contributed by atoms with E-state index in [9.17, 15) is 4.79 Å². The third-order valence-electron chi connectivity index (χ3n) is 4.92. The molecule has 0 aliphatic carbocycles. The maximum absolute atomic E-state index is 12.2. The van der Waals surface area contributed by atoms with E-state index in [1.807, 2.05) is 56.3 Å². The van der Waals surface area contributed by atoms with E-state index in [1.165, 1.54) is 0 Å². The summed E-state index contributed by atoms with van der Waals surface area (Å²) in [6.07, 6.45) is 3.76. The number of hydrogen-bond acceptors (Lipinski definition) is 5. The molecule has 1 atom stereocenters. The van der Waals surface area contributed by atoms with Crippen LogP contribution in [0.5, 0.6) is 0 Å². The number of H-pyrrole nitrogens is 1. The maximum Gasteiger partial charge on any atom is 0.225 e. The highest BCUT2D eigenvalue weighted by atomic mass is 16.2. The summed E-state index contributed by atoms with van der Waals surface area (Å²) in [5, 5.41) is 9.56. The van der Waals surface area contributed by atoms with Crippen LogP contribution in [0, 0.1) is 12.8 Å². The largest absolute Gasteiger partial charge is 0.340 e. The fourth-order valence-electron chi connectivity index (χ4n) is 3.54. The van der Waals surface area contributed by atoms with Crippen LogP contribution in [0.4, 0.5) is 5.82 Å². The molecule has 0 saturated carbocycles. The van der Waals surface area contributed by atoms with Crippen LogP contribution in [0.15, 0.2) is 29.4 Å². The van der Waals surface area contributed by atoms with Crippen LogP contribution in [0.3, 0.4) is 0 Å². The van der Waals surface area contributed by atoms with Gasteiger partial charge in [-0.1, -0.05) is 13.8 Å². The van der Waals surface area contributed by atoms with Crippen molar-refractivity contribution >= 4 is 17.9 Å². The number of amides is 1. The molecule has 1 N–H and O–H groups in total. The minimum atomic E-state index is -0.172. The number of fused-ring (bicyclic) bond motifs is 1. The van der Waals surface area contributed by atoms with Crippen LogP contribution >= 0.6 is 0 Å². The topological polar surface area (TPSA) is 72.8 Å². The first-order valence-corrected chi connectivity index (χ1v) is 9.09. The van der Waals surface area contributed by atoms with Crippen molar-refractivity contribution in [1.29, 1.82) is 0 Å². The molecule has 4 rings (SSSR count). The molecule has 0 spiro atoms. The normalized spacial score (nSPS) is 20.7. The van der Waals surface area contributed by atoms with Crippen LogP contribution in [-0.2, 0) is 4.79 Å². The molecule has 1 saturated heterocycles. The molecule has 2 aromatic heterocycles. The first-order valence-electron chi connectivity index (χ1n) is 9.09. The van der Waals surface area contributed by atoms with E-state index in [4.69, 9.17) is 4.99 Å². The Labute approximate surface area is 153 Å². The second kappa shape index (κ2) is 6.60. The zero-order valence-electron chi connectivity index (χ0n) is 15.5. The lowest BCUT2D eigenvalue weighted by Gasteiger charge is -2.43. The molecule has 1 amide bonds. The molecular formula is C18H25N7O. The van der Waals surface area contributed by atoms with E-state index in [1.54, 1.807) is 0 Å². The lowest BCUT2D eigenvalue weighted by atomic mass is 10.1. The summed E-state index contributed by atoms with van der Waals surface area (Å²) in [6, 6.07) is 6.07. The van der Waals surface area contributed by atoms with Gasteiger partial charge in [0, 0.05) is 50.1 Å². The quantitative estimate of drug-likeness (QED) is 0.901. The van der Waals surface area contributed by atoms with Crippen molar-refractivity contribution in [3.63, 3.8) is 0 Å². The average molecular weight is 355 g/mol. The van der Waals surface area contributed by atoms with Gasteiger partial charge in [-0.2, -0.15) is 5.10 Å². The second-order valence-corrected chi connectivity index (χ2v) is 7.17. The van der Waals surface area contributed by atoms with Gasteiger partial charge in [0.05, 0.1) is 11.9 Å². The Hall–Kier alpha value is -2.61. The van der Waals surface area contributed by atoms with Gasteiger partial charge in [0.15, 0.2) is 12.1 Å². The summed E-state index contributed by atoms with van der Waals surface area (Å²) in [6.45, 7) is 8.94. The maximum atomic E-state index is 12.2. The molecule has 2 aromatic rings. The van der Waals surface area contributed by atoms with Gasteiger partial charge in [0.2, 0.25) is 5.91 Å². The smallest absolute Gasteiger partial charge is 0.225 e. The molecule has 0 aromatic carbocycles. The number of hydrogen-bond donors (Lipinski definition) is 1. The van der Waals surface area contributed by atoms with E-state index in [2.05, 4.69) is 24.8 Å². The Kier molecular flexibility index (Phi) is 4.28. The predicted molar refractivity (Wildman–Crippen MR) is 100 cm³/mol. The zero-order valence-corrected chi connectivity index (χ0v) is 15.5. The van der Waals surface area contributed by atoms with E-state index < -0.39 is 0 Å². The molecule has 0 bridgehead atoms. The molecule has 138 valence electrons. The number of carbonyl (C=O) groups excluding carboxylic acids is 1. The molecule has 1 unspecified atom stereocenters. The number of aryl methyl sites for hydroxylation is 1. The molecule has 4 heterocycles. The van der Waals surface area contributed by atoms with E-state index in [0.29, 0.717) is 0 Å². The van der Waals surface area contributed by atoms with Crippen molar-refractivity contribution in [1.82, 2.24) is 24.7 Å². The van der Waals surface area contributed by atoms with Crippen LogP contribution < -0.4 is 5.01 Å². The summed E-state index contributed by atoms with van der Waals surface area (Å²) in [5.74, 6) is 1.10. The number of carbonyl (C=O) groups is 1. The van der Waals surface area contributed by atoms with E-state index >= 15 is 0 Å². The number of rotatable bonds is 3. The highest BCUT2D eigenvalue weighted by Crippen LogP contribution is 2.25. The Bertz CT molecular complexity index is 813. The fourth-order valence-corrected chi connectivity index (χ4v) is 3.54. The van der Waals surface area contributed by atoms with Gasteiger partial charge in [-0.05, 0) is 19.1 Å². The molecule has 8 nitrogen and oxygen atoms in total. The first kappa shape index (κ1) is 16.8.